The van der Waals surface area contributed by atoms with Gasteiger partial charge in [0.2, 0.25) is 0 Å². The summed E-state index contributed by atoms with van der Waals surface area (Å²) in [5.74, 6) is 0. The highest BCUT2D eigenvalue weighted by atomic mass is 35.5. The number of hydrogen-bond acceptors (Lipinski definition) is 4. The van der Waals surface area contributed by atoms with Crippen molar-refractivity contribution in [2.24, 2.45) is 0 Å². The first-order valence-corrected chi connectivity index (χ1v) is 11.9. The molecule has 30 heavy (non-hydrogen) atoms. The molecule has 1 aromatic heterocycles. The highest BCUT2D eigenvalue weighted by Crippen LogP contribution is 2.25. The molecule has 1 N–H and O–H groups in total. The smallest absolute Gasteiger partial charge is 0.294 e. The minimum Gasteiger partial charge on any atom is -0.294 e. The van der Waals surface area contributed by atoms with Crippen LogP contribution in [0.5, 0.6) is 0 Å². The van der Waals surface area contributed by atoms with E-state index < -0.39 is 10.0 Å². The zero-order valence-electron chi connectivity index (χ0n) is 16.3. The van der Waals surface area contributed by atoms with E-state index in [1.807, 2.05) is 38.1 Å². The Morgan fingerprint density at radius 1 is 1.00 bits per heavy atom. The van der Waals surface area contributed by atoms with Crippen LogP contribution in [-0.2, 0) is 16.6 Å². The van der Waals surface area contributed by atoms with Crippen LogP contribution >= 0.6 is 22.9 Å². The molecule has 154 valence electrons. The van der Waals surface area contributed by atoms with Gasteiger partial charge in [0, 0.05) is 5.02 Å². The lowest BCUT2D eigenvalue weighted by Gasteiger charge is -2.11. The van der Waals surface area contributed by atoms with E-state index in [-0.39, 0.29) is 9.77 Å². The van der Waals surface area contributed by atoms with Crippen LogP contribution in [0.4, 0.5) is 5.69 Å². The maximum Gasteiger partial charge on any atom is 0.308 e. The summed E-state index contributed by atoms with van der Waals surface area (Å²) in [6.45, 7) is 4.20. The molecule has 0 aliphatic heterocycles. The Morgan fingerprint density at radius 3 is 2.43 bits per heavy atom. The summed E-state index contributed by atoms with van der Waals surface area (Å²) in [4.78, 5) is 12.5. The molecule has 0 unspecified atom stereocenters. The lowest BCUT2D eigenvalue weighted by molar-refractivity contribution is 0.601. The van der Waals surface area contributed by atoms with E-state index >= 15 is 0 Å². The quantitative estimate of drug-likeness (QED) is 0.448. The van der Waals surface area contributed by atoms with Gasteiger partial charge in [-0.2, -0.15) is 0 Å². The Balaban J connectivity index is 1.68. The van der Waals surface area contributed by atoms with Gasteiger partial charge in [-0.15, -0.1) is 0 Å². The predicted molar refractivity (Wildman–Crippen MR) is 123 cm³/mol. The highest BCUT2D eigenvalue weighted by molar-refractivity contribution is 7.92. The lowest BCUT2D eigenvalue weighted by Crippen LogP contribution is -2.14. The molecule has 5 nitrogen and oxygen atoms in total. The fraction of sp³-hybridized carbons (Fsp3) is 0.136. The minimum atomic E-state index is -3.78. The molecule has 0 atom stereocenters. The van der Waals surface area contributed by atoms with E-state index in [0.717, 1.165) is 28.0 Å². The molecule has 0 bridgehead atoms. The fourth-order valence-electron chi connectivity index (χ4n) is 3.27. The topological polar surface area (TPSA) is 68.2 Å². The molecule has 0 saturated heterocycles. The molecule has 1 heterocycles. The van der Waals surface area contributed by atoms with Crippen LogP contribution in [0.1, 0.15) is 16.7 Å². The Kier molecular flexibility index (Phi) is 5.44. The summed E-state index contributed by atoms with van der Waals surface area (Å²) >= 11 is 6.96. The number of fused-ring (bicyclic) bond motifs is 1. The van der Waals surface area contributed by atoms with E-state index in [2.05, 4.69) is 4.72 Å². The first-order valence-electron chi connectivity index (χ1n) is 9.21. The predicted octanol–water partition coefficient (Wildman–Crippen LogP) is 5.18. The van der Waals surface area contributed by atoms with Crippen molar-refractivity contribution in [3.63, 3.8) is 0 Å². The summed E-state index contributed by atoms with van der Waals surface area (Å²) in [6, 6.07) is 17.6. The van der Waals surface area contributed by atoms with E-state index in [1.165, 1.54) is 6.07 Å². The number of aryl methyl sites for hydroxylation is 2. The number of anilines is 1. The maximum atomic E-state index is 12.9. The van der Waals surface area contributed by atoms with Gasteiger partial charge < -0.3 is 0 Å². The number of halogens is 1. The van der Waals surface area contributed by atoms with E-state index in [0.29, 0.717) is 27.5 Å². The van der Waals surface area contributed by atoms with Crippen LogP contribution in [0.25, 0.3) is 10.2 Å². The average Bonchev–Trinajstić information content (AvgIpc) is 3.00. The van der Waals surface area contributed by atoms with Crippen LogP contribution in [0.15, 0.2) is 70.4 Å². The van der Waals surface area contributed by atoms with Crippen LogP contribution in [0, 0.1) is 13.8 Å². The molecule has 0 aliphatic carbocycles. The summed E-state index contributed by atoms with van der Waals surface area (Å²) in [7, 11) is -3.78. The SMILES string of the molecule is Cc1ccc(NS(=O)(=O)c2ccc3c(c2)sc(=O)n3Cc2ccc(Cl)cc2)c(C)c1. The number of sulfonamides is 1. The van der Waals surface area contributed by atoms with Crippen LogP contribution < -0.4 is 9.60 Å². The number of aromatic nitrogens is 1. The summed E-state index contributed by atoms with van der Waals surface area (Å²) in [5.41, 5.74) is 4.08. The first kappa shape index (κ1) is 20.7. The van der Waals surface area contributed by atoms with Gasteiger partial charge in [0.1, 0.15) is 0 Å². The Labute approximate surface area is 183 Å². The normalized spacial score (nSPS) is 11.7. The minimum absolute atomic E-state index is 0.120. The Bertz CT molecular complexity index is 1400. The van der Waals surface area contributed by atoms with Gasteiger partial charge in [-0.3, -0.25) is 14.1 Å². The Morgan fingerprint density at radius 2 is 1.73 bits per heavy atom. The average molecular weight is 459 g/mol. The van der Waals surface area contributed by atoms with Crippen molar-refractivity contribution in [1.82, 2.24) is 4.57 Å². The van der Waals surface area contributed by atoms with Gasteiger partial charge in [0.25, 0.3) is 10.0 Å². The molecule has 0 radical (unpaired) electrons. The first-order chi connectivity index (χ1) is 14.2. The molecule has 8 heteroatoms. The van der Waals surface area contributed by atoms with Gasteiger partial charge in [-0.05, 0) is 61.4 Å². The number of benzene rings is 3. The number of nitrogens with zero attached hydrogens (tertiary/aromatic N) is 1. The summed E-state index contributed by atoms with van der Waals surface area (Å²) in [5, 5.41) is 0.632. The van der Waals surface area contributed by atoms with Crippen molar-refractivity contribution < 1.29 is 8.42 Å². The third-order valence-corrected chi connectivity index (χ3v) is 7.39. The van der Waals surface area contributed by atoms with Crippen molar-refractivity contribution in [3.8, 4) is 0 Å². The summed E-state index contributed by atoms with van der Waals surface area (Å²) < 4.78 is 30.7. The molecule has 4 aromatic rings. The van der Waals surface area contributed by atoms with Gasteiger partial charge in [-0.25, -0.2) is 8.42 Å². The number of nitrogens with one attached hydrogen (secondary N) is 1. The largest absolute Gasteiger partial charge is 0.308 e. The van der Waals surface area contributed by atoms with Crippen molar-refractivity contribution in [1.29, 1.82) is 0 Å². The number of hydrogen-bond donors (Lipinski definition) is 1. The zero-order chi connectivity index (χ0) is 21.5. The van der Waals surface area contributed by atoms with E-state index in [1.54, 1.807) is 34.9 Å². The molecular weight excluding hydrogens is 440 g/mol. The standard InChI is InChI=1S/C22H19ClN2O3S2/c1-14-3-9-19(15(2)11-14)24-30(27,28)18-8-10-20-21(12-18)29-22(26)25(20)13-16-4-6-17(23)7-5-16/h3-12,24H,13H2,1-2H3. The van der Waals surface area contributed by atoms with Crippen LogP contribution in [0.3, 0.4) is 0 Å². The molecule has 0 aliphatic rings. The van der Waals surface area contributed by atoms with Crippen molar-refractivity contribution in [2.45, 2.75) is 25.3 Å². The van der Waals surface area contributed by atoms with Gasteiger partial charge in [0.15, 0.2) is 0 Å². The second-order valence-electron chi connectivity index (χ2n) is 7.13. The monoisotopic (exact) mass is 458 g/mol. The number of thiazole rings is 1. The van der Waals surface area contributed by atoms with Crippen molar-refractivity contribution in [3.05, 3.63) is 92.0 Å². The molecule has 3 aromatic carbocycles. The molecule has 0 amide bonds. The van der Waals surface area contributed by atoms with Gasteiger partial charge in [0.05, 0.1) is 27.3 Å². The molecule has 0 spiro atoms. The molecule has 4 rings (SSSR count). The third kappa shape index (κ3) is 4.14. The summed E-state index contributed by atoms with van der Waals surface area (Å²) in [6.07, 6.45) is 0. The third-order valence-electron chi connectivity index (χ3n) is 4.83. The van der Waals surface area contributed by atoms with E-state index in [9.17, 15) is 13.2 Å². The van der Waals surface area contributed by atoms with Crippen molar-refractivity contribution >= 4 is 48.9 Å². The fourth-order valence-corrected chi connectivity index (χ4v) is 5.55. The lowest BCUT2D eigenvalue weighted by atomic mass is 10.1. The van der Waals surface area contributed by atoms with Gasteiger partial charge in [-0.1, -0.05) is 52.8 Å². The zero-order valence-corrected chi connectivity index (χ0v) is 18.7. The van der Waals surface area contributed by atoms with Gasteiger partial charge >= 0.3 is 4.87 Å². The Hall–Kier alpha value is -2.61. The van der Waals surface area contributed by atoms with Crippen molar-refractivity contribution in [2.75, 3.05) is 4.72 Å². The second-order valence-corrected chi connectivity index (χ2v) is 10.2. The molecule has 0 fully saturated rings. The highest BCUT2D eigenvalue weighted by Gasteiger charge is 2.18. The number of rotatable bonds is 5. The maximum absolute atomic E-state index is 12.9. The second kappa shape index (κ2) is 7.91. The van der Waals surface area contributed by atoms with Crippen LogP contribution in [0.2, 0.25) is 5.02 Å². The molecular formula is C22H19ClN2O3S2. The van der Waals surface area contributed by atoms with E-state index in [4.69, 9.17) is 11.6 Å². The molecule has 0 saturated carbocycles. The van der Waals surface area contributed by atoms with Crippen LogP contribution in [-0.4, -0.2) is 13.0 Å².